The highest BCUT2D eigenvalue weighted by atomic mass is 16.3. The van der Waals surface area contributed by atoms with Crippen LogP contribution in [0.25, 0.3) is 0 Å². The van der Waals surface area contributed by atoms with E-state index in [1.807, 2.05) is 17.9 Å². The highest BCUT2D eigenvalue weighted by Gasteiger charge is 2.31. The van der Waals surface area contributed by atoms with Crippen LogP contribution in [0.4, 0.5) is 0 Å². The Morgan fingerprint density at radius 2 is 2.29 bits per heavy atom. The molecule has 0 saturated heterocycles. The zero-order valence-electron chi connectivity index (χ0n) is 9.07. The van der Waals surface area contributed by atoms with Gasteiger partial charge in [0.15, 0.2) is 0 Å². The van der Waals surface area contributed by atoms with Crippen LogP contribution in [0.3, 0.4) is 0 Å². The van der Waals surface area contributed by atoms with E-state index in [9.17, 15) is 5.11 Å². The van der Waals surface area contributed by atoms with Gasteiger partial charge < -0.3 is 5.11 Å². The predicted molar refractivity (Wildman–Crippen MR) is 54.8 cm³/mol. The molecule has 0 fully saturated rings. The molecule has 1 aromatic rings. The summed E-state index contributed by atoms with van der Waals surface area (Å²) in [5.74, 6) is 0.935. The molecule has 1 aromatic heterocycles. The Hall–Kier alpha value is -0.830. The minimum absolute atomic E-state index is 0.313. The van der Waals surface area contributed by atoms with Crippen LogP contribution in [0.5, 0.6) is 0 Å². The molecule has 0 aliphatic heterocycles. The zero-order valence-corrected chi connectivity index (χ0v) is 9.07. The monoisotopic (exact) mass is 194 g/mol. The molecule has 0 aromatic carbocycles. The van der Waals surface area contributed by atoms with Crippen molar-refractivity contribution in [1.82, 2.24) is 9.78 Å². The van der Waals surface area contributed by atoms with Crippen molar-refractivity contribution < 1.29 is 5.11 Å². The van der Waals surface area contributed by atoms with Crippen molar-refractivity contribution in [3.05, 3.63) is 17.5 Å². The second kappa shape index (κ2) is 3.39. The van der Waals surface area contributed by atoms with Crippen LogP contribution in [-0.2, 0) is 13.5 Å². The first kappa shape index (κ1) is 9.71. The first-order valence-electron chi connectivity index (χ1n) is 5.30. The third-order valence-electron chi connectivity index (χ3n) is 3.39. The first-order valence-corrected chi connectivity index (χ1v) is 5.30. The van der Waals surface area contributed by atoms with Crippen molar-refractivity contribution in [2.75, 3.05) is 0 Å². The summed E-state index contributed by atoms with van der Waals surface area (Å²) >= 11 is 0. The molecule has 3 heteroatoms. The number of nitrogens with zero attached hydrogens (tertiary/aromatic N) is 2. The average molecular weight is 194 g/mol. The molecule has 0 bridgehead atoms. The van der Waals surface area contributed by atoms with E-state index in [1.54, 1.807) is 0 Å². The summed E-state index contributed by atoms with van der Waals surface area (Å²) in [6.45, 7) is 4.35. The van der Waals surface area contributed by atoms with E-state index < -0.39 is 0 Å². The van der Waals surface area contributed by atoms with Gasteiger partial charge in [-0.2, -0.15) is 5.10 Å². The third kappa shape index (κ3) is 1.36. The minimum Gasteiger partial charge on any atom is -0.388 e. The van der Waals surface area contributed by atoms with Crippen LogP contribution in [0.15, 0.2) is 6.20 Å². The molecule has 78 valence electrons. The number of fused-ring (bicyclic) bond motifs is 1. The Labute approximate surface area is 84.7 Å². The minimum atomic E-state index is -0.313. The third-order valence-corrected chi connectivity index (χ3v) is 3.39. The normalized spacial score (nSPS) is 26.6. The smallest absolute Gasteiger partial charge is 0.0853 e. The van der Waals surface area contributed by atoms with Gasteiger partial charge in [0, 0.05) is 18.3 Å². The van der Waals surface area contributed by atoms with Crippen molar-refractivity contribution >= 4 is 0 Å². The second-order valence-electron chi connectivity index (χ2n) is 4.56. The summed E-state index contributed by atoms with van der Waals surface area (Å²) < 4.78 is 1.88. The fourth-order valence-corrected chi connectivity index (χ4v) is 2.42. The van der Waals surface area contributed by atoms with Gasteiger partial charge in [-0.3, -0.25) is 4.68 Å². The number of hydrogen-bond acceptors (Lipinski definition) is 2. The lowest BCUT2D eigenvalue weighted by molar-refractivity contribution is 0.0663. The maximum Gasteiger partial charge on any atom is 0.0853 e. The molecule has 1 aliphatic rings. The molecule has 0 saturated carbocycles. The summed E-state index contributed by atoms with van der Waals surface area (Å²) in [7, 11) is 1.95. The molecule has 1 N–H and O–H groups in total. The van der Waals surface area contributed by atoms with Crippen LogP contribution in [0.1, 0.15) is 37.6 Å². The molecule has 2 atom stereocenters. The molecule has 1 heterocycles. The lowest BCUT2D eigenvalue weighted by atomic mass is 9.78. The molecule has 14 heavy (non-hydrogen) atoms. The van der Waals surface area contributed by atoms with E-state index >= 15 is 0 Å². The summed E-state index contributed by atoms with van der Waals surface area (Å²) in [5, 5.41) is 14.4. The average Bonchev–Trinajstić information content (AvgIpc) is 2.49. The number of aliphatic hydroxyl groups excluding tert-OH is 1. The van der Waals surface area contributed by atoms with Gasteiger partial charge in [-0.15, -0.1) is 0 Å². The van der Waals surface area contributed by atoms with Crippen molar-refractivity contribution in [2.45, 2.75) is 32.8 Å². The SMILES string of the molecule is CC(C)C1CCc2c(cnn2C)C1O. The topological polar surface area (TPSA) is 38.0 Å². The van der Waals surface area contributed by atoms with Gasteiger partial charge >= 0.3 is 0 Å². The van der Waals surface area contributed by atoms with E-state index in [4.69, 9.17) is 0 Å². The zero-order chi connectivity index (χ0) is 10.3. The van der Waals surface area contributed by atoms with E-state index in [2.05, 4.69) is 18.9 Å². The van der Waals surface area contributed by atoms with Crippen LogP contribution in [0.2, 0.25) is 0 Å². The van der Waals surface area contributed by atoms with Crippen molar-refractivity contribution in [1.29, 1.82) is 0 Å². The van der Waals surface area contributed by atoms with Gasteiger partial charge in [-0.1, -0.05) is 13.8 Å². The number of hydrogen-bond donors (Lipinski definition) is 1. The lowest BCUT2D eigenvalue weighted by Crippen LogP contribution is -2.24. The molecule has 3 nitrogen and oxygen atoms in total. The predicted octanol–water partition coefficient (Wildman–Crippen LogP) is 1.67. The number of rotatable bonds is 1. The molecule has 0 radical (unpaired) electrons. The Bertz CT molecular complexity index is 330. The second-order valence-corrected chi connectivity index (χ2v) is 4.56. The summed E-state index contributed by atoms with van der Waals surface area (Å²) in [5.41, 5.74) is 2.24. The lowest BCUT2D eigenvalue weighted by Gasteiger charge is -2.30. The fourth-order valence-electron chi connectivity index (χ4n) is 2.42. The van der Waals surface area contributed by atoms with Gasteiger partial charge in [-0.25, -0.2) is 0 Å². The van der Waals surface area contributed by atoms with E-state index in [0.717, 1.165) is 18.4 Å². The highest BCUT2D eigenvalue weighted by molar-refractivity contribution is 5.24. The molecule has 1 aliphatic carbocycles. The van der Waals surface area contributed by atoms with Crippen LogP contribution in [-0.4, -0.2) is 14.9 Å². The Morgan fingerprint density at radius 3 is 2.93 bits per heavy atom. The molecular weight excluding hydrogens is 176 g/mol. The van der Waals surface area contributed by atoms with Gasteiger partial charge in [-0.05, 0) is 24.7 Å². The number of aromatic nitrogens is 2. The molecule has 2 rings (SSSR count). The summed E-state index contributed by atoms with van der Waals surface area (Å²) in [6.07, 6.45) is 3.62. The van der Waals surface area contributed by atoms with Crippen molar-refractivity contribution in [2.24, 2.45) is 18.9 Å². The highest BCUT2D eigenvalue weighted by Crippen LogP contribution is 2.37. The van der Waals surface area contributed by atoms with Gasteiger partial charge in [0.2, 0.25) is 0 Å². The number of aliphatic hydroxyl groups is 1. The van der Waals surface area contributed by atoms with Gasteiger partial charge in [0.25, 0.3) is 0 Å². The maximum absolute atomic E-state index is 10.2. The molecule has 0 amide bonds. The van der Waals surface area contributed by atoms with E-state index in [0.29, 0.717) is 11.8 Å². The molecule has 0 spiro atoms. The van der Waals surface area contributed by atoms with Gasteiger partial charge in [0.05, 0.1) is 12.3 Å². The quantitative estimate of drug-likeness (QED) is 0.738. The van der Waals surface area contributed by atoms with Crippen LogP contribution >= 0.6 is 0 Å². The Morgan fingerprint density at radius 1 is 1.57 bits per heavy atom. The van der Waals surface area contributed by atoms with Crippen molar-refractivity contribution in [3.63, 3.8) is 0 Å². The standard InChI is InChI=1S/C11H18N2O/c1-7(2)8-4-5-10-9(11(8)14)6-12-13(10)3/h6-8,11,14H,4-5H2,1-3H3. The fraction of sp³-hybridized carbons (Fsp3) is 0.727. The first-order chi connectivity index (χ1) is 6.61. The van der Waals surface area contributed by atoms with E-state index in [1.165, 1.54) is 5.69 Å². The maximum atomic E-state index is 10.2. The molecular formula is C11H18N2O. The molecule has 2 unspecified atom stereocenters. The summed E-state index contributed by atoms with van der Waals surface area (Å²) in [4.78, 5) is 0. The largest absolute Gasteiger partial charge is 0.388 e. The Kier molecular flexibility index (Phi) is 2.35. The van der Waals surface area contributed by atoms with E-state index in [-0.39, 0.29) is 6.10 Å². The van der Waals surface area contributed by atoms with Crippen LogP contribution < -0.4 is 0 Å². The van der Waals surface area contributed by atoms with Gasteiger partial charge in [0.1, 0.15) is 0 Å². The number of aryl methyl sites for hydroxylation is 1. The summed E-state index contributed by atoms with van der Waals surface area (Å²) in [6, 6.07) is 0. The van der Waals surface area contributed by atoms with Crippen LogP contribution in [0, 0.1) is 11.8 Å². The van der Waals surface area contributed by atoms with Crippen molar-refractivity contribution in [3.8, 4) is 0 Å². The Balaban J connectivity index is 2.32.